The summed E-state index contributed by atoms with van der Waals surface area (Å²) in [5.74, 6) is 3.20. The number of hydrogen-bond acceptors (Lipinski definition) is 8. The van der Waals surface area contributed by atoms with Crippen molar-refractivity contribution in [2.75, 3.05) is 50.5 Å². The maximum atomic E-state index is 11.6. The molecule has 0 amide bonds. The summed E-state index contributed by atoms with van der Waals surface area (Å²) in [6.07, 6.45) is 5.36. The number of morpholine rings is 1. The second-order valence-electron chi connectivity index (χ2n) is 9.39. The van der Waals surface area contributed by atoms with Crippen LogP contribution in [0.25, 0.3) is 5.69 Å². The zero-order chi connectivity index (χ0) is 24.1. The lowest BCUT2D eigenvalue weighted by Crippen LogP contribution is -2.38. The van der Waals surface area contributed by atoms with Crippen LogP contribution in [0.15, 0.2) is 53.8 Å². The van der Waals surface area contributed by atoms with Gasteiger partial charge in [-0.05, 0) is 35.3 Å². The third-order valence-corrected chi connectivity index (χ3v) is 5.88. The van der Waals surface area contributed by atoms with Gasteiger partial charge in [0.25, 0.3) is 0 Å². The molecule has 1 fully saturated rings. The lowest BCUT2D eigenvalue weighted by atomic mass is 9.87. The third-order valence-electron chi connectivity index (χ3n) is 5.88. The Bertz CT molecular complexity index is 1100. The summed E-state index contributed by atoms with van der Waals surface area (Å²) in [4.78, 5) is 18.2. The minimum absolute atomic E-state index is 0.0582. The van der Waals surface area contributed by atoms with Crippen molar-refractivity contribution >= 4 is 17.8 Å². The first-order chi connectivity index (χ1) is 16.3. The summed E-state index contributed by atoms with van der Waals surface area (Å²) in [5.41, 5.74) is 8.61. The molecule has 9 nitrogen and oxygen atoms in total. The molecule has 1 saturated heterocycles. The molecule has 0 radical (unpaired) electrons. The molecule has 1 aromatic heterocycles. The average molecular weight is 465 g/mol. The number of nitrogens with two attached hydrogens (primary N) is 1. The predicted molar refractivity (Wildman–Crippen MR) is 132 cm³/mol. The highest BCUT2D eigenvalue weighted by Gasteiger charge is 2.20. The van der Waals surface area contributed by atoms with E-state index in [2.05, 4.69) is 53.2 Å². The van der Waals surface area contributed by atoms with E-state index in [1.165, 1.54) is 5.56 Å². The maximum absolute atomic E-state index is 11.6. The molecule has 1 aromatic carbocycles. The van der Waals surface area contributed by atoms with Gasteiger partial charge in [-0.15, -0.1) is 5.10 Å². The van der Waals surface area contributed by atoms with Crippen molar-refractivity contribution in [2.24, 2.45) is 0 Å². The Balaban J connectivity index is 1.37. The first kappa shape index (κ1) is 23.8. The van der Waals surface area contributed by atoms with Crippen LogP contribution in [-0.4, -0.2) is 71.1 Å². The van der Waals surface area contributed by atoms with E-state index in [9.17, 15) is 4.79 Å². The standard InChI is InChI=1S/C25H32N6O3/c1-25(2,3)19-4-6-20(7-5-19)31-23(26)28-24(29-31)27-22-9-8-21(16-18(22)17-32)34-15-12-30-10-13-33-14-11-30/h4-9,16,22H,10-15H2,1-3H3,(H3,26,27,28,29). The Morgan fingerprint density at radius 1 is 1.24 bits per heavy atom. The number of anilines is 2. The summed E-state index contributed by atoms with van der Waals surface area (Å²) in [6, 6.07) is 7.63. The summed E-state index contributed by atoms with van der Waals surface area (Å²) >= 11 is 0. The van der Waals surface area contributed by atoms with Crippen LogP contribution in [0.4, 0.5) is 11.9 Å². The Kier molecular flexibility index (Phi) is 7.17. The van der Waals surface area contributed by atoms with Crippen molar-refractivity contribution in [3.63, 3.8) is 0 Å². The predicted octanol–water partition coefficient (Wildman–Crippen LogP) is 2.49. The van der Waals surface area contributed by atoms with Gasteiger partial charge in [-0.3, -0.25) is 4.90 Å². The van der Waals surface area contributed by atoms with Gasteiger partial charge in [0.05, 0.1) is 30.5 Å². The number of hydrogen-bond donors (Lipinski definition) is 2. The molecule has 0 bridgehead atoms. The fourth-order valence-electron chi connectivity index (χ4n) is 3.83. The molecular formula is C25H32N6O3. The molecule has 1 aliphatic carbocycles. The lowest BCUT2D eigenvalue weighted by Gasteiger charge is -2.26. The van der Waals surface area contributed by atoms with Crippen molar-refractivity contribution in [3.05, 3.63) is 59.4 Å². The average Bonchev–Trinajstić information content (AvgIpc) is 3.20. The minimum atomic E-state index is -0.428. The smallest absolute Gasteiger partial charge is 0.245 e. The Morgan fingerprint density at radius 3 is 2.65 bits per heavy atom. The molecule has 34 heavy (non-hydrogen) atoms. The lowest BCUT2D eigenvalue weighted by molar-refractivity contribution is 0.0281. The van der Waals surface area contributed by atoms with Crippen molar-refractivity contribution in [2.45, 2.75) is 32.2 Å². The largest absolute Gasteiger partial charge is 0.492 e. The number of aromatic nitrogens is 3. The van der Waals surface area contributed by atoms with Gasteiger partial charge in [0.1, 0.15) is 18.3 Å². The second kappa shape index (κ2) is 10.3. The summed E-state index contributed by atoms with van der Waals surface area (Å²) in [7, 11) is 0. The molecule has 4 rings (SSSR count). The molecule has 0 saturated carbocycles. The Hall–Kier alpha value is -3.39. The topological polar surface area (TPSA) is 108 Å². The SMILES string of the molecule is CC(C)(C)c1ccc(-n2nc(NC3C=CC(OCCN4CCOCC4)=CC3=C=O)nc2N)cc1. The fourth-order valence-corrected chi connectivity index (χ4v) is 3.83. The van der Waals surface area contributed by atoms with Gasteiger partial charge in [-0.25, -0.2) is 4.79 Å². The zero-order valence-corrected chi connectivity index (χ0v) is 20.0. The van der Waals surface area contributed by atoms with Crippen LogP contribution in [0.5, 0.6) is 0 Å². The zero-order valence-electron chi connectivity index (χ0n) is 20.0. The molecule has 2 aliphatic rings. The highest BCUT2D eigenvalue weighted by atomic mass is 16.5. The van der Waals surface area contributed by atoms with E-state index in [1.807, 2.05) is 30.2 Å². The van der Waals surface area contributed by atoms with Crippen molar-refractivity contribution < 1.29 is 14.3 Å². The van der Waals surface area contributed by atoms with E-state index in [4.69, 9.17) is 15.2 Å². The molecule has 1 atom stereocenters. The van der Waals surface area contributed by atoms with Crippen molar-refractivity contribution in [1.29, 1.82) is 0 Å². The normalized spacial score (nSPS) is 19.0. The Labute approximate surface area is 199 Å². The number of nitrogen functional groups attached to an aromatic ring is 1. The minimum Gasteiger partial charge on any atom is -0.492 e. The van der Waals surface area contributed by atoms with Crippen LogP contribution < -0.4 is 11.1 Å². The number of rotatable bonds is 7. The molecular weight excluding hydrogens is 432 g/mol. The number of nitrogens with one attached hydrogen (secondary N) is 1. The highest BCUT2D eigenvalue weighted by Crippen LogP contribution is 2.24. The van der Waals surface area contributed by atoms with E-state index in [-0.39, 0.29) is 11.4 Å². The van der Waals surface area contributed by atoms with Gasteiger partial charge < -0.3 is 20.5 Å². The van der Waals surface area contributed by atoms with Crippen LogP contribution in [0.1, 0.15) is 26.3 Å². The van der Waals surface area contributed by atoms with E-state index in [0.717, 1.165) is 38.5 Å². The van der Waals surface area contributed by atoms with E-state index in [0.29, 0.717) is 23.9 Å². The van der Waals surface area contributed by atoms with Gasteiger partial charge in [-0.1, -0.05) is 39.0 Å². The first-order valence-corrected chi connectivity index (χ1v) is 11.5. The second-order valence-corrected chi connectivity index (χ2v) is 9.39. The molecule has 9 heteroatoms. The van der Waals surface area contributed by atoms with Gasteiger partial charge >= 0.3 is 0 Å². The van der Waals surface area contributed by atoms with E-state index >= 15 is 0 Å². The molecule has 3 N–H and O–H groups in total. The maximum Gasteiger partial charge on any atom is 0.245 e. The number of benzene rings is 1. The van der Waals surface area contributed by atoms with Crippen LogP contribution in [0.2, 0.25) is 0 Å². The van der Waals surface area contributed by atoms with Crippen LogP contribution >= 0.6 is 0 Å². The van der Waals surface area contributed by atoms with Crippen LogP contribution in [0.3, 0.4) is 0 Å². The number of ether oxygens (including phenoxy) is 2. The molecule has 1 unspecified atom stereocenters. The van der Waals surface area contributed by atoms with Crippen LogP contribution in [-0.2, 0) is 19.7 Å². The molecule has 180 valence electrons. The van der Waals surface area contributed by atoms with E-state index in [1.54, 1.807) is 10.8 Å². The van der Waals surface area contributed by atoms with Gasteiger partial charge in [0.15, 0.2) is 0 Å². The van der Waals surface area contributed by atoms with Crippen molar-refractivity contribution in [3.8, 4) is 5.69 Å². The molecule has 0 spiro atoms. The highest BCUT2D eigenvalue weighted by molar-refractivity contribution is 5.65. The summed E-state index contributed by atoms with van der Waals surface area (Å²) in [5, 5.41) is 7.63. The molecule has 2 heterocycles. The Morgan fingerprint density at radius 2 is 1.97 bits per heavy atom. The van der Waals surface area contributed by atoms with Gasteiger partial charge in [0.2, 0.25) is 11.9 Å². The number of carbonyl (C=O) groups excluding carboxylic acids is 1. The fraction of sp³-hybridized carbons (Fsp3) is 0.440. The van der Waals surface area contributed by atoms with Crippen molar-refractivity contribution in [1.82, 2.24) is 19.7 Å². The molecule has 1 aliphatic heterocycles. The summed E-state index contributed by atoms with van der Waals surface area (Å²) < 4.78 is 12.8. The molecule has 2 aromatic rings. The first-order valence-electron chi connectivity index (χ1n) is 11.5. The summed E-state index contributed by atoms with van der Waals surface area (Å²) in [6.45, 7) is 11.2. The third kappa shape index (κ3) is 5.75. The number of nitrogens with zero attached hydrogens (tertiary/aromatic N) is 4. The van der Waals surface area contributed by atoms with Gasteiger partial charge in [0, 0.05) is 19.6 Å². The van der Waals surface area contributed by atoms with Crippen LogP contribution in [0, 0.1) is 0 Å². The quantitative estimate of drug-likeness (QED) is 0.602. The monoisotopic (exact) mass is 464 g/mol. The number of allylic oxidation sites excluding steroid dienone is 1. The van der Waals surface area contributed by atoms with E-state index < -0.39 is 6.04 Å². The van der Waals surface area contributed by atoms with Gasteiger partial charge in [-0.2, -0.15) is 9.67 Å².